The summed E-state index contributed by atoms with van der Waals surface area (Å²) >= 11 is 5.39. The third-order valence-electron chi connectivity index (χ3n) is 1.40. The number of aliphatic hydroxyl groups is 1. The fourth-order valence-electron chi connectivity index (χ4n) is 0.868. The number of hydrogen-bond donors (Lipinski definition) is 1. The van der Waals surface area contributed by atoms with Crippen LogP contribution < -0.4 is 0 Å². The lowest BCUT2D eigenvalue weighted by Gasteiger charge is -2.14. The van der Waals surface area contributed by atoms with Crippen LogP contribution in [0.2, 0.25) is 0 Å². The molecule has 2 unspecified atom stereocenters. The van der Waals surface area contributed by atoms with Gasteiger partial charge in [0.05, 0.1) is 6.10 Å². The van der Waals surface area contributed by atoms with Gasteiger partial charge in [0.1, 0.15) is 6.10 Å². The zero-order chi connectivity index (χ0) is 10.3. The molecular weight excluding hydrogens is 192 g/mol. The normalized spacial score (nSPS) is 15.7. The third kappa shape index (κ3) is 6.61. The van der Waals surface area contributed by atoms with E-state index in [1.54, 1.807) is 19.9 Å². The van der Waals surface area contributed by atoms with E-state index in [1.165, 1.54) is 6.08 Å². The minimum atomic E-state index is -0.616. The van der Waals surface area contributed by atoms with Crippen molar-refractivity contribution in [3.05, 3.63) is 12.2 Å². The highest BCUT2D eigenvalue weighted by atomic mass is 35.5. The number of halogens is 1. The van der Waals surface area contributed by atoms with E-state index < -0.39 is 12.1 Å². The van der Waals surface area contributed by atoms with Crippen LogP contribution in [0.5, 0.6) is 0 Å². The summed E-state index contributed by atoms with van der Waals surface area (Å²) < 4.78 is 4.92. The first-order valence-electron chi connectivity index (χ1n) is 4.17. The highest BCUT2D eigenvalue weighted by Gasteiger charge is 2.11. The summed E-state index contributed by atoms with van der Waals surface area (Å²) in [6.07, 6.45) is 2.39. The molecule has 0 fully saturated rings. The Labute approximate surface area is 83.3 Å². The van der Waals surface area contributed by atoms with Crippen LogP contribution in [0.1, 0.15) is 20.3 Å². The zero-order valence-corrected chi connectivity index (χ0v) is 8.62. The Hall–Kier alpha value is -0.540. The monoisotopic (exact) mass is 206 g/mol. The molecule has 0 rings (SSSR count). The van der Waals surface area contributed by atoms with E-state index in [2.05, 4.69) is 0 Å². The van der Waals surface area contributed by atoms with Gasteiger partial charge in [-0.1, -0.05) is 6.08 Å². The molecule has 0 saturated carbocycles. The van der Waals surface area contributed by atoms with Crippen molar-refractivity contribution in [3.63, 3.8) is 0 Å². The average molecular weight is 207 g/mol. The predicted octanol–water partition coefficient (Wildman–Crippen LogP) is 1.48. The van der Waals surface area contributed by atoms with Crippen molar-refractivity contribution < 1.29 is 14.6 Å². The second-order valence-electron chi connectivity index (χ2n) is 2.79. The van der Waals surface area contributed by atoms with Gasteiger partial charge in [-0.2, -0.15) is 0 Å². The number of esters is 1. The standard InChI is InChI=1S/C9H15ClO3/c1-3-4-9(12)13-7(2)5-8(11)6-10/h3-4,7-8,11H,5-6H2,1-2H3. The van der Waals surface area contributed by atoms with Crippen LogP contribution in [0.4, 0.5) is 0 Å². The molecule has 0 radical (unpaired) electrons. The Morgan fingerprint density at radius 2 is 2.31 bits per heavy atom. The predicted molar refractivity (Wildman–Crippen MR) is 51.7 cm³/mol. The fraction of sp³-hybridized carbons (Fsp3) is 0.667. The van der Waals surface area contributed by atoms with E-state index in [0.717, 1.165) is 0 Å². The maximum Gasteiger partial charge on any atom is 0.330 e. The van der Waals surface area contributed by atoms with Gasteiger partial charge >= 0.3 is 5.97 Å². The summed E-state index contributed by atoms with van der Waals surface area (Å²) in [7, 11) is 0. The summed E-state index contributed by atoms with van der Waals surface area (Å²) in [4.78, 5) is 10.9. The highest BCUT2D eigenvalue weighted by molar-refractivity contribution is 6.18. The molecule has 1 N–H and O–H groups in total. The SMILES string of the molecule is CC=CC(=O)OC(C)CC(O)CCl. The number of carbonyl (C=O) groups is 1. The van der Waals surface area contributed by atoms with Gasteiger partial charge in [-0.05, 0) is 13.8 Å². The number of hydrogen-bond acceptors (Lipinski definition) is 3. The molecule has 0 aromatic heterocycles. The molecule has 0 aliphatic carbocycles. The van der Waals surface area contributed by atoms with Gasteiger partial charge in [-0.25, -0.2) is 4.79 Å². The van der Waals surface area contributed by atoms with Crippen LogP contribution in [0.3, 0.4) is 0 Å². The third-order valence-corrected chi connectivity index (χ3v) is 1.76. The topological polar surface area (TPSA) is 46.5 Å². The molecule has 2 atom stereocenters. The van der Waals surface area contributed by atoms with Gasteiger partial charge in [0.2, 0.25) is 0 Å². The number of aliphatic hydroxyl groups excluding tert-OH is 1. The molecule has 0 aliphatic heterocycles. The lowest BCUT2D eigenvalue weighted by molar-refractivity contribution is -0.143. The molecule has 4 heteroatoms. The Morgan fingerprint density at radius 3 is 2.77 bits per heavy atom. The largest absolute Gasteiger partial charge is 0.459 e. The van der Waals surface area contributed by atoms with Crippen molar-refractivity contribution in [2.45, 2.75) is 32.5 Å². The van der Waals surface area contributed by atoms with E-state index in [1.807, 2.05) is 0 Å². The van der Waals surface area contributed by atoms with E-state index in [4.69, 9.17) is 21.4 Å². The van der Waals surface area contributed by atoms with Gasteiger partial charge in [-0.3, -0.25) is 0 Å². The Kier molecular flexibility index (Phi) is 6.63. The van der Waals surface area contributed by atoms with Crippen LogP contribution in [-0.4, -0.2) is 29.2 Å². The van der Waals surface area contributed by atoms with Gasteiger partial charge in [0, 0.05) is 18.4 Å². The van der Waals surface area contributed by atoms with Crippen molar-refractivity contribution >= 4 is 17.6 Å². The second-order valence-corrected chi connectivity index (χ2v) is 3.10. The molecule has 0 aromatic rings. The molecule has 0 aromatic carbocycles. The molecule has 0 saturated heterocycles. The van der Waals surface area contributed by atoms with Crippen LogP contribution in [0.15, 0.2) is 12.2 Å². The Morgan fingerprint density at radius 1 is 1.69 bits per heavy atom. The quantitative estimate of drug-likeness (QED) is 0.421. The first kappa shape index (κ1) is 12.5. The maximum atomic E-state index is 10.9. The fourth-order valence-corrected chi connectivity index (χ4v) is 0.994. The average Bonchev–Trinajstić information content (AvgIpc) is 2.04. The van der Waals surface area contributed by atoms with Crippen molar-refractivity contribution in [2.75, 3.05) is 5.88 Å². The van der Waals surface area contributed by atoms with Crippen LogP contribution in [-0.2, 0) is 9.53 Å². The van der Waals surface area contributed by atoms with Gasteiger partial charge in [0.15, 0.2) is 0 Å². The number of alkyl halides is 1. The number of rotatable bonds is 5. The molecule has 0 aliphatic rings. The Balaban J connectivity index is 3.73. The van der Waals surface area contributed by atoms with Crippen molar-refractivity contribution in [1.29, 1.82) is 0 Å². The van der Waals surface area contributed by atoms with Gasteiger partial charge in [0.25, 0.3) is 0 Å². The maximum absolute atomic E-state index is 10.9. The molecule has 0 spiro atoms. The van der Waals surface area contributed by atoms with E-state index in [0.29, 0.717) is 6.42 Å². The van der Waals surface area contributed by atoms with E-state index >= 15 is 0 Å². The Bertz CT molecular complexity index is 180. The first-order chi connectivity index (χ1) is 6.10. The smallest absolute Gasteiger partial charge is 0.330 e. The second kappa shape index (κ2) is 6.92. The summed E-state index contributed by atoms with van der Waals surface area (Å²) in [6, 6.07) is 0. The molecule has 13 heavy (non-hydrogen) atoms. The summed E-state index contributed by atoms with van der Waals surface area (Å²) in [6.45, 7) is 3.46. The molecule has 76 valence electrons. The summed E-state index contributed by atoms with van der Waals surface area (Å²) in [5.74, 6) is -0.234. The molecule has 3 nitrogen and oxygen atoms in total. The lowest BCUT2D eigenvalue weighted by atomic mass is 10.2. The van der Waals surface area contributed by atoms with Crippen molar-refractivity contribution in [2.24, 2.45) is 0 Å². The summed E-state index contributed by atoms with van der Waals surface area (Å²) in [5, 5.41) is 9.13. The molecule has 0 heterocycles. The minimum Gasteiger partial charge on any atom is -0.459 e. The van der Waals surface area contributed by atoms with Crippen LogP contribution in [0.25, 0.3) is 0 Å². The zero-order valence-electron chi connectivity index (χ0n) is 7.87. The van der Waals surface area contributed by atoms with Crippen LogP contribution >= 0.6 is 11.6 Å². The lowest BCUT2D eigenvalue weighted by Crippen LogP contribution is -2.21. The van der Waals surface area contributed by atoms with Crippen molar-refractivity contribution in [1.82, 2.24) is 0 Å². The summed E-state index contributed by atoms with van der Waals surface area (Å²) in [5.41, 5.74) is 0. The molecular formula is C9H15ClO3. The molecule has 0 bridgehead atoms. The highest BCUT2D eigenvalue weighted by Crippen LogP contribution is 2.04. The van der Waals surface area contributed by atoms with Crippen LogP contribution in [0, 0.1) is 0 Å². The van der Waals surface area contributed by atoms with Gasteiger partial charge < -0.3 is 9.84 Å². The number of carbonyl (C=O) groups excluding carboxylic acids is 1. The minimum absolute atomic E-state index is 0.158. The number of allylic oxidation sites excluding steroid dienone is 1. The van der Waals surface area contributed by atoms with E-state index in [9.17, 15) is 4.79 Å². The van der Waals surface area contributed by atoms with E-state index in [-0.39, 0.29) is 12.0 Å². The molecule has 0 amide bonds. The van der Waals surface area contributed by atoms with Crippen molar-refractivity contribution in [3.8, 4) is 0 Å². The first-order valence-corrected chi connectivity index (χ1v) is 4.71. The number of ether oxygens (including phenoxy) is 1. The van der Waals surface area contributed by atoms with Gasteiger partial charge in [-0.15, -0.1) is 11.6 Å².